The van der Waals surface area contributed by atoms with Crippen molar-refractivity contribution in [1.82, 2.24) is 19.6 Å². The Kier molecular flexibility index (Phi) is 5.47. The molecule has 0 unspecified atom stereocenters. The van der Waals surface area contributed by atoms with E-state index in [1.165, 1.54) is 24.3 Å². The number of piperidine rings is 1. The van der Waals surface area contributed by atoms with Crippen molar-refractivity contribution in [2.24, 2.45) is 0 Å². The van der Waals surface area contributed by atoms with E-state index in [-0.39, 0.29) is 29.9 Å². The summed E-state index contributed by atoms with van der Waals surface area (Å²) in [4.78, 5) is 18.7. The Morgan fingerprint density at radius 2 is 1.83 bits per heavy atom. The zero-order chi connectivity index (χ0) is 21.1. The van der Waals surface area contributed by atoms with Gasteiger partial charge in [-0.1, -0.05) is 5.16 Å². The van der Waals surface area contributed by atoms with E-state index < -0.39 is 6.36 Å². The molecule has 0 spiro atoms. The number of aromatic nitrogens is 3. The fraction of sp³-hybridized carbons (Fsp3) is 0.350. The van der Waals surface area contributed by atoms with Gasteiger partial charge in [0, 0.05) is 24.8 Å². The Morgan fingerprint density at radius 1 is 1.10 bits per heavy atom. The molecule has 3 heterocycles. The molecule has 0 N–H and O–H groups in total. The molecule has 1 aliphatic heterocycles. The molecule has 1 saturated heterocycles. The number of ether oxygens (including phenoxy) is 1. The summed E-state index contributed by atoms with van der Waals surface area (Å²) in [5.41, 5.74) is 1.07. The van der Waals surface area contributed by atoms with Gasteiger partial charge in [-0.05, 0) is 55.7 Å². The molecule has 0 aliphatic carbocycles. The van der Waals surface area contributed by atoms with Gasteiger partial charge in [-0.15, -0.1) is 13.2 Å². The zero-order valence-corrected chi connectivity index (χ0v) is 15.9. The average Bonchev–Trinajstić information content (AvgIpc) is 3.37. The molecule has 0 radical (unpaired) electrons. The summed E-state index contributed by atoms with van der Waals surface area (Å²) in [6.07, 6.45) is 0.197. The van der Waals surface area contributed by atoms with Crippen LogP contribution in [0.4, 0.5) is 13.2 Å². The predicted octanol–water partition coefficient (Wildman–Crippen LogP) is 4.12. The van der Waals surface area contributed by atoms with Crippen molar-refractivity contribution in [2.75, 3.05) is 13.1 Å². The number of carbonyl (C=O) groups excluding carboxylic acids is 1. The summed E-state index contributed by atoms with van der Waals surface area (Å²) in [5, 5.41) is 3.90. The van der Waals surface area contributed by atoms with Crippen LogP contribution in [0.15, 0.2) is 47.1 Å². The van der Waals surface area contributed by atoms with E-state index >= 15 is 0 Å². The summed E-state index contributed by atoms with van der Waals surface area (Å²) >= 11 is 0. The van der Waals surface area contributed by atoms with Crippen LogP contribution in [0, 0.1) is 0 Å². The SMILES string of the molecule is O=C(Cn1cccc1-c1nc(-c2ccc(OC(F)(F)F)cc2)no1)N1CCCCC1. The van der Waals surface area contributed by atoms with Crippen LogP contribution >= 0.6 is 0 Å². The number of amides is 1. The fourth-order valence-corrected chi connectivity index (χ4v) is 3.39. The van der Waals surface area contributed by atoms with Crippen molar-refractivity contribution in [3.8, 4) is 28.7 Å². The molecule has 0 saturated carbocycles. The van der Waals surface area contributed by atoms with Crippen molar-refractivity contribution in [1.29, 1.82) is 0 Å². The lowest BCUT2D eigenvalue weighted by Gasteiger charge is -2.27. The third-order valence-electron chi connectivity index (χ3n) is 4.84. The highest BCUT2D eigenvalue weighted by Gasteiger charge is 2.31. The molecule has 1 fully saturated rings. The van der Waals surface area contributed by atoms with E-state index in [1.807, 2.05) is 4.90 Å². The molecule has 30 heavy (non-hydrogen) atoms. The van der Waals surface area contributed by atoms with Gasteiger partial charge in [0.1, 0.15) is 18.0 Å². The molecule has 1 amide bonds. The fourth-order valence-electron chi connectivity index (χ4n) is 3.39. The minimum Gasteiger partial charge on any atom is -0.406 e. The maximum Gasteiger partial charge on any atom is 0.573 e. The number of benzene rings is 1. The summed E-state index contributed by atoms with van der Waals surface area (Å²) < 4.78 is 47.8. The quantitative estimate of drug-likeness (QED) is 0.621. The van der Waals surface area contributed by atoms with Crippen LogP contribution in [0.1, 0.15) is 19.3 Å². The van der Waals surface area contributed by atoms with Gasteiger partial charge in [0.05, 0.1) is 0 Å². The second-order valence-corrected chi connectivity index (χ2v) is 6.96. The minimum absolute atomic E-state index is 0.0344. The molecular formula is C20H19F3N4O3. The van der Waals surface area contributed by atoms with Crippen LogP contribution in [0.25, 0.3) is 23.0 Å². The van der Waals surface area contributed by atoms with Crippen LogP contribution in [-0.4, -0.2) is 45.0 Å². The third-order valence-corrected chi connectivity index (χ3v) is 4.84. The molecule has 1 aromatic carbocycles. The molecule has 1 aliphatic rings. The number of carbonyl (C=O) groups is 1. The van der Waals surface area contributed by atoms with Crippen LogP contribution in [0.5, 0.6) is 5.75 Å². The predicted molar refractivity (Wildman–Crippen MR) is 100 cm³/mol. The minimum atomic E-state index is -4.75. The van der Waals surface area contributed by atoms with E-state index in [2.05, 4.69) is 14.9 Å². The van der Waals surface area contributed by atoms with Crippen molar-refractivity contribution < 1.29 is 27.2 Å². The lowest BCUT2D eigenvalue weighted by molar-refractivity contribution is -0.274. The van der Waals surface area contributed by atoms with Gasteiger partial charge in [-0.25, -0.2) is 0 Å². The maximum atomic E-state index is 12.6. The Hall–Kier alpha value is -3.30. The number of hydrogen-bond acceptors (Lipinski definition) is 5. The highest BCUT2D eigenvalue weighted by molar-refractivity contribution is 5.77. The topological polar surface area (TPSA) is 73.4 Å². The zero-order valence-electron chi connectivity index (χ0n) is 15.9. The molecule has 4 rings (SSSR count). The van der Waals surface area contributed by atoms with E-state index in [0.29, 0.717) is 11.3 Å². The monoisotopic (exact) mass is 420 g/mol. The van der Waals surface area contributed by atoms with E-state index in [0.717, 1.165) is 32.4 Å². The highest BCUT2D eigenvalue weighted by Crippen LogP contribution is 2.27. The Balaban J connectivity index is 1.48. The first-order chi connectivity index (χ1) is 14.4. The summed E-state index contributed by atoms with van der Waals surface area (Å²) in [6.45, 7) is 1.71. The Labute approximate surface area is 170 Å². The standard InChI is InChI=1S/C20H19F3N4O3/c21-20(22,23)29-15-8-6-14(7-9-15)18-24-19(30-25-18)16-5-4-12-27(16)13-17(28)26-10-2-1-3-11-26/h4-9,12H,1-3,10-11,13H2. The van der Waals surface area contributed by atoms with Crippen LogP contribution in [-0.2, 0) is 11.3 Å². The smallest absolute Gasteiger partial charge is 0.406 e. The summed E-state index contributed by atoms with van der Waals surface area (Å²) in [6, 6.07) is 8.73. The van der Waals surface area contributed by atoms with Crippen LogP contribution in [0.2, 0.25) is 0 Å². The molecule has 10 heteroatoms. The largest absolute Gasteiger partial charge is 0.573 e. The molecule has 3 aromatic rings. The molecule has 0 atom stereocenters. The number of alkyl halides is 3. The lowest BCUT2D eigenvalue weighted by atomic mass is 10.1. The number of rotatable bonds is 5. The van der Waals surface area contributed by atoms with Crippen LogP contribution < -0.4 is 4.74 Å². The van der Waals surface area contributed by atoms with Gasteiger partial charge in [-0.2, -0.15) is 4.98 Å². The molecule has 7 nitrogen and oxygen atoms in total. The molecule has 0 bridgehead atoms. The van der Waals surface area contributed by atoms with E-state index in [1.54, 1.807) is 22.9 Å². The van der Waals surface area contributed by atoms with Crippen molar-refractivity contribution in [3.63, 3.8) is 0 Å². The van der Waals surface area contributed by atoms with Gasteiger partial charge >= 0.3 is 6.36 Å². The normalized spacial score (nSPS) is 14.7. The van der Waals surface area contributed by atoms with Crippen molar-refractivity contribution >= 4 is 5.91 Å². The van der Waals surface area contributed by atoms with Crippen molar-refractivity contribution in [3.05, 3.63) is 42.6 Å². The van der Waals surface area contributed by atoms with Gasteiger partial charge in [-0.3, -0.25) is 4.79 Å². The van der Waals surface area contributed by atoms with Gasteiger partial charge in [0.25, 0.3) is 5.89 Å². The molecule has 158 valence electrons. The van der Waals surface area contributed by atoms with Gasteiger partial charge in [0.2, 0.25) is 11.7 Å². The van der Waals surface area contributed by atoms with Gasteiger partial charge in [0.15, 0.2) is 0 Å². The Bertz CT molecular complexity index is 1000. The van der Waals surface area contributed by atoms with Crippen LogP contribution in [0.3, 0.4) is 0 Å². The van der Waals surface area contributed by atoms with Gasteiger partial charge < -0.3 is 18.7 Å². The van der Waals surface area contributed by atoms with E-state index in [9.17, 15) is 18.0 Å². The Morgan fingerprint density at radius 3 is 2.53 bits per heavy atom. The summed E-state index contributed by atoms with van der Waals surface area (Å²) in [7, 11) is 0. The molecular weight excluding hydrogens is 401 g/mol. The highest BCUT2D eigenvalue weighted by atomic mass is 19.4. The maximum absolute atomic E-state index is 12.6. The lowest BCUT2D eigenvalue weighted by Crippen LogP contribution is -2.37. The summed E-state index contributed by atoms with van der Waals surface area (Å²) in [5.74, 6) is 0.142. The first-order valence-corrected chi connectivity index (χ1v) is 9.52. The van der Waals surface area contributed by atoms with Crippen molar-refractivity contribution in [2.45, 2.75) is 32.2 Å². The molecule has 2 aromatic heterocycles. The number of likely N-dealkylation sites (tertiary alicyclic amines) is 1. The number of halogens is 3. The first kappa shape index (κ1) is 20.0. The van der Waals surface area contributed by atoms with E-state index in [4.69, 9.17) is 4.52 Å². The number of nitrogens with zero attached hydrogens (tertiary/aromatic N) is 4. The second kappa shape index (κ2) is 8.21. The number of hydrogen-bond donors (Lipinski definition) is 0. The second-order valence-electron chi connectivity index (χ2n) is 6.96. The average molecular weight is 420 g/mol. The first-order valence-electron chi connectivity index (χ1n) is 9.52. The third kappa shape index (κ3) is 4.64.